The van der Waals surface area contributed by atoms with E-state index < -0.39 is 5.41 Å². The second-order valence-electron chi connectivity index (χ2n) is 5.48. The molecule has 1 aromatic rings. The third-order valence-corrected chi connectivity index (χ3v) is 3.35. The quantitative estimate of drug-likeness (QED) is 0.586. The average Bonchev–Trinajstić information content (AvgIpc) is 2.36. The molecule has 0 amide bonds. The van der Waals surface area contributed by atoms with Gasteiger partial charge in [-0.05, 0) is 25.8 Å². The van der Waals surface area contributed by atoms with Crippen molar-refractivity contribution in [3.8, 4) is 0 Å². The molecule has 0 bridgehead atoms. The molecule has 0 radical (unpaired) electrons. The van der Waals surface area contributed by atoms with Gasteiger partial charge in [0.15, 0.2) is 5.78 Å². The predicted molar refractivity (Wildman–Crippen MR) is 73.8 cm³/mol. The van der Waals surface area contributed by atoms with E-state index in [0.717, 1.165) is 12.0 Å². The Morgan fingerprint density at radius 1 is 1.17 bits per heavy atom. The van der Waals surface area contributed by atoms with Gasteiger partial charge in [0, 0.05) is 11.5 Å². The van der Waals surface area contributed by atoms with Gasteiger partial charge in [-0.25, -0.2) is 0 Å². The number of carbonyl (C=O) groups is 2. The first-order chi connectivity index (χ1) is 8.32. The molecule has 2 nitrogen and oxygen atoms in total. The van der Waals surface area contributed by atoms with E-state index in [-0.39, 0.29) is 17.5 Å². The minimum Gasteiger partial charge on any atom is -0.298 e. The molecule has 1 aromatic carbocycles. The Labute approximate surface area is 109 Å². The number of rotatable bonds is 5. The van der Waals surface area contributed by atoms with E-state index in [0.29, 0.717) is 5.56 Å². The summed E-state index contributed by atoms with van der Waals surface area (Å²) in [6, 6.07) is 7.54. The van der Waals surface area contributed by atoms with Gasteiger partial charge in [0.25, 0.3) is 0 Å². The first-order valence-corrected chi connectivity index (χ1v) is 6.49. The van der Waals surface area contributed by atoms with Crippen molar-refractivity contribution in [2.24, 2.45) is 11.3 Å². The van der Waals surface area contributed by atoms with Crippen LogP contribution in [0.4, 0.5) is 0 Å². The van der Waals surface area contributed by atoms with Crippen LogP contribution in [0.2, 0.25) is 0 Å². The zero-order chi connectivity index (χ0) is 13.9. The molecule has 0 fully saturated rings. The molecule has 0 saturated carbocycles. The molecule has 0 aliphatic carbocycles. The number of carbonyl (C=O) groups excluding carboxylic acids is 2. The smallest absolute Gasteiger partial charge is 0.176 e. The average molecular weight is 246 g/mol. The second-order valence-corrected chi connectivity index (χ2v) is 5.48. The summed E-state index contributed by atoms with van der Waals surface area (Å²) in [5, 5.41) is 0. The lowest BCUT2D eigenvalue weighted by Gasteiger charge is -2.24. The summed E-state index contributed by atoms with van der Waals surface area (Å²) in [5.41, 5.74) is 0.741. The highest BCUT2D eigenvalue weighted by Gasteiger charge is 2.38. The summed E-state index contributed by atoms with van der Waals surface area (Å²) in [4.78, 5) is 24.7. The molecule has 0 aliphatic heterocycles. The van der Waals surface area contributed by atoms with Crippen LogP contribution in [0.5, 0.6) is 0 Å². The van der Waals surface area contributed by atoms with E-state index in [9.17, 15) is 9.59 Å². The Kier molecular flexibility index (Phi) is 4.44. The highest BCUT2D eigenvalue weighted by atomic mass is 16.2. The standard InChI is InChI=1S/C16H22O2/c1-6-12-9-7-8-10-13(12)15(18)16(4,5)14(17)11(2)3/h7-11H,6H2,1-5H3. The minimum atomic E-state index is -0.945. The van der Waals surface area contributed by atoms with Gasteiger partial charge in [-0.15, -0.1) is 0 Å². The molecule has 0 aliphatic rings. The van der Waals surface area contributed by atoms with Crippen LogP contribution in [0, 0.1) is 11.3 Å². The molecule has 0 aromatic heterocycles. The lowest BCUT2D eigenvalue weighted by molar-refractivity contribution is -0.127. The number of hydrogen-bond donors (Lipinski definition) is 0. The summed E-state index contributed by atoms with van der Waals surface area (Å²) in [6.07, 6.45) is 0.799. The molecule has 18 heavy (non-hydrogen) atoms. The Morgan fingerprint density at radius 2 is 1.72 bits per heavy atom. The van der Waals surface area contributed by atoms with Gasteiger partial charge in [0.1, 0.15) is 5.78 Å². The van der Waals surface area contributed by atoms with E-state index in [2.05, 4.69) is 0 Å². The van der Waals surface area contributed by atoms with Gasteiger partial charge >= 0.3 is 0 Å². The lowest BCUT2D eigenvalue weighted by atomic mass is 9.75. The van der Waals surface area contributed by atoms with Gasteiger partial charge in [0.05, 0.1) is 5.41 Å². The largest absolute Gasteiger partial charge is 0.298 e. The van der Waals surface area contributed by atoms with Crippen LogP contribution in [0.15, 0.2) is 24.3 Å². The molecular formula is C16H22O2. The van der Waals surface area contributed by atoms with E-state index in [4.69, 9.17) is 0 Å². The Balaban J connectivity index is 3.17. The van der Waals surface area contributed by atoms with Crippen molar-refractivity contribution in [3.63, 3.8) is 0 Å². The van der Waals surface area contributed by atoms with Gasteiger partial charge in [-0.2, -0.15) is 0 Å². The van der Waals surface area contributed by atoms with Crippen LogP contribution in [-0.2, 0) is 11.2 Å². The molecule has 98 valence electrons. The van der Waals surface area contributed by atoms with Crippen LogP contribution in [0.3, 0.4) is 0 Å². The van der Waals surface area contributed by atoms with Gasteiger partial charge in [-0.3, -0.25) is 9.59 Å². The maximum absolute atomic E-state index is 12.6. The van der Waals surface area contributed by atoms with Gasteiger partial charge in [0.2, 0.25) is 0 Å². The van der Waals surface area contributed by atoms with E-state index in [1.165, 1.54) is 0 Å². The van der Waals surface area contributed by atoms with Crippen molar-refractivity contribution in [2.75, 3.05) is 0 Å². The molecule has 0 spiro atoms. The fourth-order valence-corrected chi connectivity index (χ4v) is 2.22. The maximum atomic E-state index is 12.6. The number of hydrogen-bond acceptors (Lipinski definition) is 2. The maximum Gasteiger partial charge on any atom is 0.176 e. The third kappa shape index (κ3) is 2.69. The van der Waals surface area contributed by atoms with Crippen molar-refractivity contribution in [1.29, 1.82) is 0 Å². The molecule has 0 unspecified atom stereocenters. The fraction of sp³-hybridized carbons (Fsp3) is 0.500. The molecule has 0 N–H and O–H groups in total. The van der Waals surface area contributed by atoms with Gasteiger partial charge < -0.3 is 0 Å². The summed E-state index contributed by atoms with van der Waals surface area (Å²) < 4.78 is 0. The Hall–Kier alpha value is -1.44. The normalized spacial score (nSPS) is 11.7. The van der Waals surface area contributed by atoms with E-state index in [1.54, 1.807) is 13.8 Å². The summed E-state index contributed by atoms with van der Waals surface area (Å²) in [7, 11) is 0. The van der Waals surface area contributed by atoms with Crippen molar-refractivity contribution >= 4 is 11.6 Å². The van der Waals surface area contributed by atoms with Crippen molar-refractivity contribution < 1.29 is 9.59 Å². The van der Waals surface area contributed by atoms with Crippen LogP contribution < -0.4 is 0 Å². The SMILES string of the molecule is CCc1ccccc1C(=O)C(C)(C)C(=O)C(C)C. The summed E-state index contributed by atoms with van der Waals surface area (Å²) >= 11 is 0. The third-order valence-electron chi connectivity index (χ3n) is 3.35. The number of ketones is 2. The molecular weight excluding hydrogens is 224 g/mol. The molecule has 1 rings (SSSR count). The van der Waals surface area contributed by atoms with Crippen molar-refractivity contribution in [3.05, 3.63) is 35.4 Å². The predicted octanol–water partition coefficient (Wildman–Crippen LogP) is 3.68. The first-order valence-electron chi connectivity index (χ1n) is 6.49. The first kappa shape index (κ1) is 14.6. The Bertz CT molecular complexity index is 456. The highest BCUT2D eigenvalue weighted by Crippen LogP contribution is 2.28. The van der Waals surface area contributed by atoms with Crippen LogP contribution in [0.1, 0.15) is 50.5 Å². The monoisotopic (exact) mass is 246 g/mol. The zero-order valence-corrected chi connectivity index (χ0v) is 11.9. The van der Waals surface area contributed by atoms with Crippen LogP contribution in [0.25, 0.3) is 0 Å². The zero-order valence-electron chi connectivity index (χ0n) is 11.9. The highest BCUT2D eigenvalue weighted by molar-refractivity contribution is 6.14. The molecule has 0 atom stereocenters. The van der Waals surface area contributed by atoms with Crippen molar-refractivity contribution in [2.45, 2.75) is 41.0 Å². The molecule has 2 heteroatoms. The van der Waals surface area contributed by atoms with Gasteiger partial charge in [-0.1, -0.05) is 45.0 Å². The van der Waals surface area contributed by atoms with Crippen LogP contribution in [-0.4, -0.2) is 11.6 Å². The lowest BCUT2D eigenvalue weighted by Crippen LogP contribution is -2.36. The van der Waals surface area contributed by atoms with Crippen LogP contribution >= 0.6 is 0 Å². The number of Topliss-reactive ketones (excluding diaryl/α,β-unsaturated/α-hetero) is 2. The second kappa shape index (κ2) is 5.47. The van der Waals surface area contributed by atoms with Crippen molar-refractivity contribution in [1.82, 2.24) is 0 Å². The summed E-state index contributed by atoms with van der Waals surface area (Å²) in [6.45, 7) is 9.14. The van der Waals surface area contributed by atoms with E-state index >= 15 is 0 Å². The topological polar surface area (TPSA) is 34.1 Å². The number of aryl methyl sites for hydroxylation is 1. The Morgan fingerprint density at radius 3 is 2.22 bits per heavy atom. The molecule has 0 saturated heterocycles. The van der Waals surface area contributed by atoms with E-state index in [1.807, 2.05) is 45.0 Å². The fourth-order valence-electron chi connectivity index (χ4n) is 2.22. The summed E-state index contributed by atoms with van der Waals surface area (Å²) in [5.74, 6) is -0.199. The number of benzene rings is 1. The minimum absolute atomic E-state index is 0.00148. The molecule has 0 heterocycles.